The van der Waals surface area contributed by atoms with Crippen LogP contribution in [-0.4, -0.2) is 23.7 Å². The minimum atomic E-state index is -0.436. The van der Waals surface area contributed by atoms with Crippen LogP contribution in [0.3, 0.4) is 0 Å². The summed E-state index contributed by atoms with van der Waals surface area (Å²) >= 11 is 6.46. The summed E-state index contributed by atoms with van der Waals surface area (Å²) < 4.78 is 0. The third-order valence-corrected chi connectivity index (χ3v) is 5.14. The van der Waals surface area contributed by atoms with Crippen molar-refractivity contribution >= 4 is 40.5 Å². The van der Waals surface area contributed by atoms with Gasteiger partial charge in [0.05, 0.1) is 27.4 Å². The van der Waals surface area contributed by atoms with Crippen LogP contribution < -0.4 is 10.3 Å². The van der Waals surface area contributed by atoms with E-state index in [9.17, 15) is 10.1 Å². The monoisotopic (exact) mass is 384 g/mol. The van der Waals surface area contributed by atoms with Gasteiger partial charge in [-0.1, -0.05) is 17.7 Å². The number of anilines is 2. The Bertz CT molecular complexity index is 949. The normalized spacial score (nSPS) is 15.4. The van der Waals surface area contributed by atoms with Crippen molar-refractivity contribution in [1.82, 2.24) is 0 Å². The molecular weight excluding hydrogens is 364 g/mol. The van der Waals surface area contributed by atoms with Crippen LogP contribution in [0.5, 0.6) is 0 Å². The molecular formula is C20H21ClN4O2. The van der Waals surface area contributed by atoms with Gasteiger partial charge in [0.2, 0.25) is 0 Å². The molecule has 0 unspecified atom stereocenters. The zero-order chi connectivity index (χ0) is 19.8. The average Bonchev–Trinajstić information content (AvgIpc) is 2.61. The van der Waals surface area contributed by atoms with E-state index < -0.39 is 4.92 Å². The molecule has 1 aliphatic heterocycles. The number of allylic oxidation sites excluding steroid dienone is 1. The molecule has 27 heavy (non-hydrogen) atoms. The molecule has 140 valence electrons. The number of nitro benzene ring substituents is 1. The van der Waals surface area contributed by atoms with Crippen molar-refractivity contribution in [3.05, 3.63) is 68.7 Å². The first-order valence-electron chi connectivity index (χ1n) is 8.50. The average molecular weight is 385 g/mol. The van der Waals surface area contributed by atoms with Gasteiger partial charge < -0.3 is 4.90 Å². The summed E-state index contributed by atoms with van der Waals surface area (Å²) in [6.07, 6.45) is 3.89. The van der Waals surface area contributed by atoms with Gasteiger partial charge in [0.1, 0.15) is 0 Å². The lowest BCUT2D eigenvalue weighted by Gasteiger charge is -2.40. The first-order valence-corrected chi connectivity index (χ1v) is 8.87. The lowest BCUT2D eigenvalue weighted by Crippen LogP contribution is -2.42. The van der Waals surface area contributed by atoms with Crippen molar-refractivity contribution in [1.29, 1.82) is 0 Å². The molecule has 0 amide bonds. The van der Waals surface area contributed by atoms with E-state index in [4.69, 9.17) is 11.6 Å². The molecule has 0 saturated carbocycles. The van der Waals surface area contributed by atoms with Gasteiger partial charge in [-0.05, 0) is 50.6 Å². The lowest BCUT2D eigenvalue weighted by atomic mass is 9.88. The molecule has 6 nitrogen and oxygen atoms in total. The Labute approximate surface area is 163 Å². The number of nitro groups is 1. The van der Waals surface area contributed by atoms with Crippen molar-refractivity contribution < 1.29 is 4.92 Å². The molecule has 0 aromatic heterocycles. The highest BCUT2D eigenvalue weighted by molar-refractivity contribution is 6.33. The highest BCUT2D eigenvalue weighted by Gasteiger charge is 2.29. The second-order valence-corrected chi connectivity index (χ2v) is 7.51. The van der Waals surface area contributed by atoms with Crippen LogP contribution in [0.4, 0.5) is 17.1 Å². The number of benzene rings is 2. The van der Waals surface area contributed by atoms with E-state index in [1.807, 2.05) is 12.1 Å². The molecule has 0 aliphatic carbocycles. The number of non-ortho nitro benzene ring substituents is 1. The largest absolute Gasteiger partial charge is 0.365 e. The number of halogens is 1. The maximum atomic E-state index is 10.7. The third-order valence-electron chi connectivity index (χ3n) is 4.81. The van der Waals surface area contributed by atoms with Crippen LogP contribution in [0.2, 0.25) is 5.02 Å². The molecule has 0 bridgehead atoms. The highest BCUT2D eigenvalue weighted by Crippen LogP contribution is 2.40. The van der Waals surface area contributed by atoms with E-state index in [1.165, 1.54) is 17.7 Å². The Morgan fingerprint density at radius 2 is 1.93 bits per heavy atom. The number of nitrogens with one attached hydrogen (secondary N) is 1. The first-order chi connectivity index (χ1) is 12.7. The molecule has 0 spiro atoms. The number of fused-ring (bicyclic) bond motifs is 1. The smallest absolute Gasteiger partial charge is 0.269 e. The van der Waals surface area contributed by atoms with Gasteiger partial charge in [0, 0.05) is 36.0 Å². The molecule has 7 heteroatoms. The van der Waals surface area contributed by atoms with Crippen LogP contribution in [0.1, 0.15) is 31.9 Å². The van der Waals surface area contributed by atoms with Gasteiger partial charge in [-0.2, -0.15) is 5.10 Å². The predicted octanol–water partition coefficient (Wildman–Crippen LogP) is 5.33. The molecule has 1 aliphatic rings. The van der Waals surface area contributed by atoms with Gasteiger partial charge in [-0.3, -0.25) is 15.5 Å². The molecule has 0 atom stereocenters. The molecule has 1 heterocycles. The zero-order valence-corrected chi connectivity index (χ0v) is 16.4. The maximum absolute atomic E-state index is 10.7. The molecule has 0 radical (unpaired) electrons. The van der Waals surface area contributed by atoms with E-state index in [0.29, 0.717) is 10.7 Å². The maximum Gasteiger partial charge on any atom is 0.269 e. The Balaban J connectivity index is 1.83. The van der Waals surface area contributed by atoms with Crippen LogP contribution in [0.25, 0.3) is 5.57 Å². The minimum Gasteiger partial charge on any atom is -0.365 e. The van der Waals surface area contributed by atoms with Crippen LogP contribution in [0, 0.1) is 10.1 Å². The number of nitrogens with zero attached hydrogens (tertiary/aromatic N) is 3. The zero-order valence-electron chi connectivity index (χ0n) is 15.7. The number of likely N-dealkylation sites (N-methyl/N-ethyl adjacent to an activating group) is 1. The first kappa shape index (κ1) is 18.9. The lowest BCUT2D eigenvalue weighted by molar-refractivity contribution is -0.384. The van der Waals surface area contributed by atoms with Gasteiger partial charge in [-0.25, -0.2) is 0 Å². The second-order valence-electron chi connectivity index (χ2n) is 7.10. The van der Waals surface area contributed by atoms with E-state index in [0.717, 1.165) is 16.8 Å². The third kappa shape index (κ3) is 3.80. The van der Waals surface area contributed by atoms with E-state index in [1.54, 1.807) is 18.3 Å². The Kier molecular flexibility index (Phi) is 4.93. The van der Waals surface area contributed by atoms with Crippen molar-refractivity contribution in [3.63, 3.8) is 0 Å². The highest BCUT2D eigenvalue weighted by atomic mass is 35.5. The van der Waals surface area contributed by atoms with Crippen molar-refractivity contribution in [2.24, 2.45) is 5.10 Å². The Morgan fingerprint density at radius 3 is 2.56 bits per heavy atom. The van der Waals surface area contributed by atoms with Gasteiger partial charge in [0.15, 0.2) is 0 Å². The van der Waals surface area contributed by atoms with Crippen molar-refractivity contribution in [2.45, 2.75) is 26.3 Å². The van der Waals surface area contributed by atoms with Crippen LogP contribution >= 0.6 is 11.6 Å². The van der Waals surface area contributed by atoms with E-state index >= 15 is 0 Å². The molecule has 2 aromatic carbocycles. The minimum absolute atomic E-state index is 0.0385. The molecule has 1 N–H and O–H groups in total. The standard InChI is InChI=1S/C20H21ClN4O2/c1-13-11-20(2,3)24(4)19-10-18(21)14(9-17(13)19)12-22-23-15-5-7-16(8-6-15)25(26)27/h5-12,23H,1-4H3/b22-12-. The molecule has 2 aromatic rings. The summed E-state index contributed by atoms with van der Waals surface area (Å²) in [6.45, 7) is 6.42. The fourth-order valence-corrected chi connectivity index (χ4v) is 3.33. The summed E-state index contributed by atoms with van der Waals surface area (Å²) in [4.78, 5) is 12.5. The van der Waals surface area contributed by atoms with E-state index in [2.05, 4.69) is 49.3 Å². The Hall–Kier alpha value is -2.86. The molecule has 3 rings (SSSR count). The second kappa shape index (κ2) is 7.04. The molecule has 0 fully saturated rings. The SMILES string of the molecule is CC1=CC(C)(C)N(C)c2cc(Cl)c(/C=N\Nc3ccc([N+](=O)[O-])cc3)cc21. The number of rotatable bonds is 4. The number of hydrogen-bond acceptors (Lipinski definition) is 5. The fourth-order valence-electron chi connectivity index (χ4n) is 3.12. The summed E-state index contributed by atoms with van der Waals surface area (Å²) in [5, 5.41) is 15.5. The summed E-state index contributed by atoms with van der Waals surface area (Å²) in [6, 6.07) is 10.0. The molecule has 0 saturated heterocycles. The predicted molar refractivity (Wildman–Crippen MR) is 112 cm³/mol. The number of hydrazone groups is 1. The Morgan fingerprint density at radius 1 is 1.26 bits per heavy atom. The van der Waals surface area contributed by atoms with Crippen molar-refractivity contribution in [3.8, 4) is 0 Å². The van der Waals surface area contributed by atoms with Gasteiger partial charge >= 0.3 is 0 Å². The number of hydrogen-bond donors (Lipinski definition) is 1. The summed E-state index contributed by atoms with van der Waals surface area (Å²) in [5.41, 5.74) is 7.69. The van der Waals surface area contributed by atoms with Crippen LogP contribution in [-0.2, 0) is 0 Å². The summed E-state index contributed by atoms with van der Waals surface area (Å²) in [5.74, 6) is 0. The topological polar surface area (TPSA) is 70.8 Å². The van der Waals surface area contributed by atoms with Gasteiger partial charge in [-0.15, -0.1) is 0 Å². The quantitative estimate of drug-likeness (QED) is 0.439. The van der Waals surface area contributed by atoms with Crippen molar-refractivity contribution in [2.75, 3.05) is 17.4 Å². The van der Waals surface area contributed by atoms with Crippen LogP contribution in [0.15, 0.2) is 47.6 Å². The summed E-state index contributed by atoms with van der Waals surface area (Å²) in [7, 11) is 2.06. The van der Waals surface area contributed by atoms with E-state index in [-0.39, 0.29) is 11.2 Å². The van der Waals surface area contributed by atoms with Gasteiger partial charge in [0.25, 0.3) is 5.69 Å². The fraction of sp³-hybridized carbons (Fsp3) is 0.250.